The summed E-state index contributed by atoms with van der Waals surface area (Å²) in [6.45, 7) is 1.57. The molecule has 7 heteroatoms. The van der Waals surface area contributed by atoms with Crippen LogP contribution in [0, 0.1) is 0 Å². The molecule has 21 heavy (non-hydrogen) atoms. The Morgan fingerprint density at radius 3 is 2.67 bits per heavy atom. The van der Waals surface area contributed by atoms with Crippen molar-refractivity contribution in [2.75, 3.05) is 18.9 Å². The number of benzene rings is 1. The topological polar surface area (TPSA) is 78.3 Å². The first kappa shape index (κ1) is 12.7. The van der Waals surface area contributed by atoms with Gasteiger partial charge in [0, 0.05) is 30.4 Å². The molecule has 0 unspecified atom stereocenters. The van der Waals surface area contributed by atoms with Gasteiger partial charge >= 0.3 is 0 Å². The Morgan fingerprint density at radius 1 is 1.14 bits per heavy atom. The second-order valence-electron chi connectivity index (χ2n) is 5.17. The van der Waals surface area contributed by atoms with Gasteiger partial charge in [-0.3, -0.25) is 0 Å². The fourth-order valence-electron chi connectivity index (χ4n) is 2.58. The number of nitrogens with zero attached hydrogens (tertiary/aromatic N) is 4. The highest BCUT2D eigenvalue weighted by Crippen LogP contribution is 2.30. The zero-order valence-electron chi connectivity index (χ0n) is 11.4. The molecule has 1 aliphatic heterocycles. The summed E-state index contributed by atoms with van der Waals surface area (Å²) in [5, 5.41) is 14.2. The summed E-state index contributed by atoms with van der Waals surface area (Å²) in [7, 11) is 0. The molecule has 3 aromatic rings. The molecule has 4 rings (SSSR count). The lowest BCUT2D eigenvalue weighted by atomic mass is 10.00. The Hall–Kier alpha value is -1.99. The van der Waals surface area contributed by atoms with Gasteiger partial charge in [-0.15, -0.1) is 10.2 Å². The van der Waals surface area contributed by atoms with Crippen molar-refractivity contribution in [3.05, 3.63) is 30.1 Å². The fraction of sp³-hybridized carbons (Fsp3) is 0.357. The van der Waals surface area contributed by atoms with E-state index >= 15 is 0 Å². The standard InChI is InChI=1S/C14H15N5OS/c15-11-3-1-10(2-4-11)13-18-19-12(16-17-14(19)21-13)9-5-7-20-8-6-9/h1-4,9H,5-8,15H2. The highest BCUT2D eigenvalue weighted by molar-refractivity contribution is 7.19. The van der Waals surface area contributed by atoms with Gasteiger partial charge in [0.05, 0.1) is 0 Å². The summed E-state index contributed by atoms with van der Waals surface area (Å²) in [4.78, 5) is 0.836. The molecule has 0 aliphatic carbocycles. The lowest BCUT2D eigenvalue weighted by molar-refractivity contribution is 0.0832. The number of fused-ring (bicyclic) bond motifs is 1. The highest BCUT2D eigenvalue weighted by atomic mass is 32.1. The van der Waals surface area contributed by atoms with Crippen molar-refractivity contribution in [1.82, 2.24) is 19.8 Å². The molecule has 2 aromatic heterocycles. The molecule has 108 valence electrons. The molecule has 1 fully saturated rings. The first-order chi connectivity index (χ1) is 10.3. The molecule has 2 N–H and O–H groups in total. The minimum absolute atomic E-state index is 0.384. The summed E-state index contributed by atoms with van der Waals surface area (Å²) < 4.78 is 7.29. The van der Waals surface area contributed by atoms with Crippen LogP contribution in [-0.2, 0) is 4.74 Å². The predicted octanol–water partition coefficient (Wildman–Crippen LogP) is 2.33. The van der Waals surface area contributed by atoms with Crippen molar-refractivity contribution in [2.24, 2.45) is 0 Å². The third kappa shape index (κ3) is 2.28. The summed E-state index contributed by atoms with van der Waals surface area (Å²) in [6, 6.07) is 7.73. The molecule has 0 bridgehead atoms. The number of rotatable bonds is 2. The molecular weight excluding hydrogens is 286 g/mol. The molecule has 0 radical (unpaired) electrons. The largest absolute Gasteiger partial charge is 0.399 e. The molecule has 1 aliphatic rings. The van der Waals surface area contributed by atoms with E-state index in [4.69, 9.17) is 10.5 Å². The lowest BCUT2D eigenvalue weighted by Gasteiger charge is -2.19. The van der Waals surface area contributed by atoms with Crippen LogP contribution in [0.4, 0.5) is 5.69 Å². The van der Waals surface area contributed by atoms with Gasteiger partial charge in [-0.05, 0) is 37.1 Å². The van der Waals surface area contributed by atoms with Gasteiger partial charge in [-0.1, -0.05) is 11.3 Å². The Bertz CT molecular complexity index is 757. The van der Waals surface area contributed by atoms with Crippen LogP contribution in [-0.4, -0.2) is 33.0 Å². The van der Waals surface area contributed by atoms with E-state index in [0.717, 1.165) is 53.1 Å². The van der Waals surface area contributed by atoms with Gasteiger partial charge in [-0.25, -0.2) is 0 Å². The van der Waals surface area contributed by atoms with Crippen molar-refractivity contribution < 1.29 is 4.74 Å². The molecule has 3 heterocycles. The number of nitrogen functional groups attached to an aromatic ring is 1. The quantitative estimate of drug-likeness (QED) is 0.735. The van der Waals surface area contributed by atoms with E-state index in [1.807, 2.05) is 28.8 Å². The van der Waals surface area contributed by atoms with Gasteiger partial charge in [0.15, 0.2) is 5.82 Å². The zero-order valence-corrected chi connectivity index (χ0v) is 12.2. The first-order valence-electron chi connectivity index (χ1n) is 6.97. The highest BCUT2D eigenvalue weighted by Gasteiger charge is 2.23. The van der Waals surface area contributed by atoms with Crippen LogP contribution < -0.4 is 5.73 Å². The molecule has 0 amide bonds. The number of hydrogen-bond donors (Lipinski definition) is 1. The Morgan fingerprint density at radius 2 is 1.90 bits per heavy atom. The van der Waals surface area contributed by atoms with Crippen LogP contribution in [0.1, 0.15) is 24.6 Å². The van der Waals surface area contributed by atoms with Crippen LogP contribution in [0.5, 0.6) is 0 Å². The maximum absolute atomic E-state index is 5.73. The molecule has 6 nitrogen and oxygen atoms in total. The van der Waals surface area contributed by atoms with Gasteiger partial charge in [0.25, 0.3) is 0 Å². The Kier molecular flexibility index (Phi) is 3.08. The molecule has 0 spiro atoms. The van der Waals surface area contributed by atoms with E-state index in [1.165, 1.54) is 0 Å². The van der Waals surface area contributed by atoms with E-state index < -0.39 is 0 Å². The second-order valence-corrected chi connectivity index (χ2v) is 6.12. The monoisotopic (exact) mass is 301 g/mol. The van der Waals surface area contributed by atoms with Crippen LogP contribution >= 0.6 is 11.3 Å². The van der Waals surface area contributed by atoms with Crippen LogP contribution in [0.2, 0.25) is 0 Å². The predicted molar refractivity (Wildman–Crippen MR) is 81.3 cm³/mol. The first-order valence-corrected chi connectivity index (χ1v) is 7.79. The average Bonchev–Trinajstić information content (AvgIpc) is 3.09. The number of anilines is 1. The van der Waals surface area contributed by atoms with Crippen molar-refractivity contribution in [2.45, 2.75) is 18.8 Å². The Labute approximate surface area is 125 Å². The van der Waals surface area contributed by atoms with Crippen LogP contribution in [0.3, 0.4) is 0 Å². The van der Waals surface area contributed by atoms with Crippen molar-refractivity contribution in [1.29, 1.82) is 0 Å². The Balaban J connectivity index is 1.73. The maximum atomic E-state index is 5.73. The van der Waals surface area contributed by atoms with Crippen LogP contribution in [0.15, 0.2) is 24.3 Å². The van der Waals surface area contributed by atoms with Crippen molar-refractivity contribution >= 4 is 22.0 Å². The third-order valence-electron chi connectivity index (χ3n) is 3.76. The minimum Gasteiger partial charge on any atom is -0.399 e. The average molecular weight is 301 g/mol. The van der Waals surface area contributed by atoms with E-state index in [0.29, 0.717) is 5.92 Å². The molecule has 1 aromatic carbocycles. The summed E-state index contributed by atoms with van der Waals surface area (Å²) in [5.41, 5.74) is 7.53. The number of hydrogen-bond acceptors (Lipinski definition) is 6. The minimum atomic E-state index is 0.384. The summed E-state index contributed by atoms with van der Waals surface area (Å²) >= 11 is 1.55. The van der Waals surface area contributed by atoms with E-state index in [9.17, 15) is 0 Å². The number of ether oxygens (including phenoxy) is 1. The lowest BCUT2D eigenvalue weighted by Crippen LogP contribution is -2.16. The SMILES string of the molecule is Nc1ccc(-c2nn3c(C4CCOCC4)nnc3s2)cc1. The smallest absolute Gasteiger partial charge is 0.234 e. The van der Waals surface area contributed by atoms with Gasteiger partial charge in [-0.2, -0.15) is 9.61 Å². The summed E-state index contributed by atoms with van der Waals surface area (Å²) in [6.07, 6.45) is 1.96. The molecule has 0 atom stereocenters. The molecule has 1 saturated heterocycles. The number of nitrogens with two attached hydrogens (primary N) is 1. The second kappa shape index (κ2) is 5.09. The van der Waals surface area contributed by atoms with Crippen molar-refractivity contribution in [3.63, 3.8) is 0 Å². The van der Waals surface area contributed by atoms with Gasteiger partial charge in [0.2, 0.25) is 4.96 Å². The molecular formula is C14H15N5OS. The fourth-order valence-corrected chi connectivity index (χ4v) is 3.44. The van der Waals surface area contributed by atoms with Crippen LogP contribution in [0.25, 0.3) is 15.5 Å². The van der Waals surface area contributed by atoms with Crippen molar-refractivity contribution in [3.8, 4) is 10.6 Å². The zero-order chi connectivity index (χ0) is 14.2. The number of aromatic nitrogens is 4. The van der Waals surface area contributed by atoms with Gasteiger partial charge in [0.1, 0.15) is 5.01 Å². The normalized spacial score (nSPS) is 16.6. The van der Waals surface area contributed by atoms with E-state index in [1.54, 1.807) is 11.3 Å². The maximum Gasteiger partial charge on any atom is 0.234 e. The molecule has 0 saturated carbocycles. The van der Waals surface area contributed by atoms with E-state index in [-0.39, 0.29) is 0 Å². The van der Waals surface area contributed by atoms with E-state index in [2.05, 4.69) is 15.3 Å². The third-order valence-corrected chi connectivity index (χ3v) is 4.71. The summed E-state index contributed by atoms with van der Waals surface area (Å²) in [5.74, 6) is 1.33. The van der Waals surface area contributed by atoms with Gasteiger partial charge < -0.3 is 10.5 Å².